The first-order valence-corrected chi connectivity index (χ1v) is 13.3. The maximum Gasteiger partial charge on any atom is 0.416 e. The number of hydrogen-bond acceptors (Lipinski definition) is 6. The van der Waals surface area contributed by atoms with Gasteiger partial charge in [0.05, 0.1) is 29.7 Å². The summed E-state index contributed by atoms with van der Waals surface area (Å²) in [4.78, 5) is 22.3. The van der Waals surface area contributed by atoms with E-state index in [2.05, 4.69) is 24.3 Å². The number of aromatic nitrogens is 2. The first-order valence-electron chi connectivity index (χ1n) is 13.3. The van der Waals surface area contributed by atoms with Gasteiger partial charge in [-0.2, -0.15) is 18.3 Å². The lowest BCUT2D eigenvalue weighted by molar-refractivity contribution is -0.143. The van der Waals surface area contributed by atoms with Gasteiger partial charge in [-0.05, 0) is 51.0 Å². The number of carbonyl (C=O) groups excluding carboxylic acids is 2. The topological polar surface area (TPSA) is 117 Å². The monoisotopic (exact) mass is 568 g/mol. The quantitative estimate of drug-likeness (QED) is 0.152. The van der Waals surface area contributed by atoms with Gasteiger partial charge in [-0.15, -0.1) is 0 Å². The second kappa shape index (κ2) is 19.6. The number of rotatable bonds is 12. The van der Waals surface area contributed by atoms with Gasteiger partial charge in [-0.25, -0.2) is 4.68 Å². The number of carbonyl (C=O) groups is 2. The summed E-state index contributed by atoms with van der Waals surface area (Å²) in [5, 5.41) is 23.5. The Kier molecular flexibility index (Phi) is 17.9. The molecular weight excluding hydrogens is 525 g/mol. The molecule has 1 heterocycles. The van der Waals surface area contributed by atoms with Crippen LogP contribution in [0.5, 0.6) is 0 Å². The summed E-state index contributed by atoms with van der Waals surface area (Å²) in [6.07, 6.45) is 1.66. The van der Waals surface area contributed by atoms with Crippen molar-refractivity contribution in [2.75, 3.05) is 6.61 Å². The largest absolute Gasteiger partial charge is 0.466 e. The van der Waals surface area contributed by atoms with Gasteiger partial charge in [0.1, 0.15) is 6.67 Å². The molecule has 0 bridgehead atoms. The highest BCUT2D eigenvalue weighted by Gasteiger charge is 2.31. The summed E-state index contributed by atoms with van der Waals surface area (Å²) < 4.78 is 46.3. The van der Waals surface area contributed by atoms with E-state index in [1.54, 1.807) is 26.0 Å². The zero-order chi connectivity index (χ0) is 30.7. The molecule has 0 aliphatic rings. The number of nitrogens with zero attached hydrogens (tertiary/aromatic N) is 2. The lowest BCUT2D eigenvalue weighted by atomic mass is 9.98. The molecule has 2 aromatic rings. The SMILES string of the molecule is CC=N.CCC.CCOC(=O)CCC[C@H](O)/C=C/c1c(C(C)C)nn(CNC=O)c1-c1cccc(C(F)(F)F)c1. The van der Waals surface area contributed by atoms with Gasteiger partial charge < -0.3 is 20.6 Å². The van der Waals surface area contributed by atoms with Gasteiger partial charge in [-0.3, -0.25) is 9.59 Å². The minimum Gasteiger partial charge on any atom is -0.466 e. The molecule has 1 aromatic carbocycles. The highest BCUT2D eigenvalue weighted by Crippen LogP contribution is 2.36. The standard InChI is InChI=1S/C24H30F3N3O4.C3H8.C2H5N/c1-4-34-21(33)10-6-9-19(32)11-12-20-22(16(2)3)29-30(14-28-15-31)23(20)17-7-5-8-18(13-17)24(25,26)27;1-3-2;1-2-3/h5,7-8,11-13,15-16,19,32H,4,6,9-10,14H2,1-3H3,(H,28,31);3H2,1-2H3;2-3H,1H3/b12-11+;;/t19-;;/m0../s1. The summed E-state index contributed by atoms with van der Waals surface area (Å²) in [5.74, 6) is -0.417. The fourth-order valence-corrected chi connectivity index (χ4v) is 3.46. The van der Waals surface area contributed by atoms with Gasteiger partial charge in [0.2, 0.25) is 6.41 Å². The number of aliphatic hydroxyl groups excluding tert-OH is 1. The lowest BCUT2D eigenvalue weighted by Gasteiger charge is -2.12. The summed E-state index contributed by atoms with van der Waals surface area (Å²) >= 11 is 0. The number of benzene rings is 1. The molecule has 1 amide bonds. The summed E-state index contributed by atoms with van der Waals surface area (Å²) in [7, 11) is 0. The predicted octanol–water partition coefficient (Wildman–Crippen LogP) is 6.58. The second-order valence-corrected chi connectivity index (χ2v) is 8.98. The Bertz CT molecular complexity index is 1070. The van der Waals surface area contributed by atoms with E-state index in [-0.39, 0.29) is 30.5 Å². The molecule has 2 rings (SSSR count). The average molecular weight is 569 g/mol. The third kappa shape index (κ3) is 13.1. The van der Waals surface area contributed by atoms with Gasteiger partial charge in [0.25, 0.3) is 0 Å². The molecule has 3 N–H and O–H groups in total. The zero-order valence-corrected chi connectivity index (χ0v) is 24.2. The van der Waals surface area contributed by atoms with Crippen molar-refractivity contribution < 1.29 is 32.6 Å². The number of alkyl halides is 3. The molecule has 11 heteroatoms. The number of ether oxygens (including phenoxy) is 1. The second-order valence-electron chi connectivity index (χ2n) is 8.98. The molecule has 0 unspecified atom stereocenters. The van der Waals surface area contributed by atoms with Crippen molar-refractivity contribution in [3.8, 4) is 11.3 Å². The third-order valence-electron chi connectivity index (χ3n) is 5.02. The van der Waals surface area contributed by atoms with Gasteiger partial charge in [0, 0.05) is 17.5 Å². The molecule has 0 spiro atoms. The summed E-state index contributed by atoms with van der Waals surface area (Å²) in [6.45, 7) is 11.7. The molecule has 0 aliphatic heterocycles. The van der Waals surface area contributed by atoms with E-state index in [9.17, 15) is 27.9 Å². The number of amides is 1. The van der Waals surface area contributed by atoms with Crippen LogP contribution in [0.4, 0.5) is 13.2 Å². The van der Waals surface area contributed by atoms with Crippen LogP contribution in [0.25, 0.3) is 17.3 Å². The van der Waals surface area contributed by atoms with Gasteiger partial charge in [0.15, 0.2) is 0 Å². The Morgan fingerprint density at radius 1 is 1.25 bits per heavy atom. The molecule has 8 nitrogen and oxygen atoms in total. The van der Waals surface area contributed by atoms with Gasteiger partial charge in [-0.1, -0.05) is 58.4 Å². The molecule has 40 heavy (non-hydrogen) atoms. The predicted molar refractivity (Wildman–Crippen MR) is 152 cm³/mol. The lowest BCUT2D eigenvalue weighted by Crippen LogP contribution is -2.18. The molecule has 1 aromatic heterocycles. The Balaban J connectivity index is 0.00000232. The Morgan fingerprint density at radius 3 is 2.40 bits per heavy atom. The van der Waals surface area contributed by atoms with Crippen LogP contribution in [0.3, 0.4) is 0 Å². The first-order chi connectivity index (χ1) is 18.9. The molecule has 0 fully saturated rings. The van der Waals surface area contributed by atoms with Crippen LogP contribution in [-0.2, 0) is 27.2 Å². The average Bonchev–Trinajstić information content (AvgIpc) is 3.25. The highest BCUT2D eigenvalue weighted by atomic mass is 19.4. The van der Waals surface area contributed by atoms with Crippen LogP contribution >= 0.6 is 0 Å². The molecule has 1 atom stereocenters. The van der Waals surface area contributed by atoms with Crippen LogP contribution in [0, 0.1) is 5.41 Å². The molecule has 0 radical (unpaired) electrons. The molecule has 0 saturated carbocycles. The zero-order valence-electron chi connectivity index (χ0n) is 24.2. The van der Waals surface area contributed by atoms with Crippen LogP contribution in [0.2, 0.25) is 0 Å². The van der Waals surface area contributed by atoms with Crippen molar-refractivity contribution in [3.63, 3.8) is 0 Å². The molecular formula is C29H43F3N4O4. The third-order valence-corrected chi connectivity index (χ3v) is 5.02. The highest BCUT2D eigenvalue weighted by molar-refractivity contribution is 5.75. The van der Waals surface area contributed by atoms with E-state index >= 15 is 0 Å². The van der Waals surface area contributed by atoms with Crippen molar-refractivity contribution in [3.05, 3.63) is 47.2 Å². The Hall–Kier alpha value is -3.47. The minimum atomic E-state index is -4.52. The summed E-state index contributed by atoms with van der Waals surface area (Å²) in [5.41, 5.74) is 1.01. The smallest absolute Gasteiger partial charge is 0.416 e. The molecule has 0 aliphatic carbocycles. The fraction of sp³-hybridized carbons (Fsp3) is 0.517. The van der Waals surface area contributed by atoms with Crippen molar-refractivity contribution in [2.45, 2.75) is 92.1 Å². The van der Waals surface area contributed by atoms with E-state index < -0.39 is 17.8 Å². The number of hydrogen-bond donors (Lipinski definition) is 3. The van der Waals surface area contributed by atoms with Crippen LogP contribution in [0.15, 0.2) is 30.3 Å². The Labute approximate surface area is 235 Å². The van der Waals surface area contributed by atoms with Crippen LogP contribution in [-0.4, -0.2) is 46.2 Å². The van der Waals surface area contributed by atoms with Crippen molar-refractivity contribution in [2.24, 2.45) is 0 Å². The van der Waals surface area contributed by atoms with E-state index in [4.69, 9.17) is 10.1 Å². The Morgan fingerprint density at radius 2 is 1.88 bits per heavy atom. The maximum atomic E-state index is 13.3. The van der Waals surface area contributed by atoms with Crippen molar-refractivity contribution in [1.29, 1.82) is 5.41 Å². The van der Waals surface area contributed by atoms with E-state index in [0.717, 1.165) is 12.1 Å². The molecule has 224 valence electrons. The number of halogens is 3. The van der Waals surface area contributed by atoms with E-state index in [1.807, 2.05) is 13.8 Å². The maximum absolute atomic E-state index is 13.3. The number of esters is 1. The van der Waals surface area contributed by atoms with E-state index in [1.165, 1.54) is 29.5 Å². The minimum absolute atomic E-state index is 0.0370. The van der Waals surface area contributed by atoms with Crippen molar-refractivity contribution in [1.82, 2.24) is 15.1 Å². The van der Waals surface area contributed by atoms with Crippen molar-refractivity contribution >= 4 is 24.7 Å². The number of nitrogens with one attached hydrogen (secondary N) is 2. The van der Waals surface area contributed by atoms with Crippen LogP contribution < -0.4 is 5.32 Å². The first kappa shape index (κ1) is 36.5. The number of aliphatic hydroxyl groups is 1. The van der Waals surface area contributed by atoms with Crippen LogP contribution in [0.1, 0.15) is 90.0 Å². The summed E-state index contributed by atoms with van der Waals surface area (Å²) in [6, 6.07) is 4.88. The van der Waals surface area contributed by atoms with E-state index in [0.29, 0.717) is 42.8 Å². The molecule has 0 saturated heterocycles. The normalized spacial score (nSPS) is 11.7. The van der Waals surface area contributed by atoms with Gasteiger partial charge >= 0.3 is 12.1 Å². The fourth-order valence-electron chi connectivity index (χ4n) is 3.46.